The zero-order valence-electron chi connectivity index (χ0n) is 6.42. The number of hydrogen-bond donors (Lipinski definition) is 0. The predicted octanol–water partition coefficient (Wildman–Crippen LogP) is 0.535. The van der Waals surface area contributed by atoms with Gasteiger partial charge in [-0.1, -0.05) is 6.58 Å². The van der Waals surface area contributed by atoms with E-state index in [1.807, 2.05) is 0 Å². The third-order valence-electron chi connectivity index (χ3n) is 0.836. The Labute approximate surface area is 64.8 Å². The van der Waals surface area contributed by atoms with Crippen LogP contribution in [0.2, 0.25) is 0 Å². The van der Waals surface area contributed by atoms with Gasteiger partial charge in [0.05, 0.1) is 0 Å². The second-order valence-electron chi connectivity index (χ2n) is 1.95. The number of carbonyl (C=O) groups excluding carboxylic acids is 2. The molecule has 1 radical (unpaired) electrons. The standard InChI is InChI=1S/C7H9O4/c1-5(2)7(9)11-6(3)10-4-8/h6H,1H2,2-3H3. The molecule has 0 saturated heterocycles. The van der Waals surface area contributed by atoms with Crippen LogP contribution in [-0.4, -0.2) is 18.7 Å². The summed E-state index contributed by atoms with van der Waals surface area (Å²) in [7, 11) is 0. The molecule has 0 aromatic heterocycles. The second-order valence-corrected chi connectivity index (χ2v) is 1.95. The summed E-state index contributed by atoms with van der Waals surface area (Å²) in [6.07, 6.45) is -0.906. The van der Waals surface area contributed by atoms with Crippen LogP contribution in [0.25, 0.3) is 0 Å². The Kier molecular flexibility index (Phi) is 3.95. The summed E-state index contributed by atoms with van der Waals surface area (Å²) in [5.74, 6) is -0.590. The van der Waals surface area contributed by atoms with E-state index in [1.54, 1.807) is 0 Å². The van der Waals surface area contributed by atoms with Gasteiger partial charge in [-0.3, -0.25) is 0 Å². The lowest BCUT2D eigenvalue weighted by molar-refractivity contribution is -0.157. The van der Waals surface area contributed by atoms with Crippen LogP contribution in [0.15, 0.2) is 12.2 Å². The van der Waals surface area contributed by atoms with Gasteiger partial charge in [-0.25, -0.2) is 9.59 Å². The van der Waals surface area contributed by atoms with Crippen molar-refractivity contribution in [3.8, 4) is 0 Å². The maximum Gasteiger partial charge on any atom is 0.420 e. The van der Waals surface area contributed by atoms with Gasteiger partial charge >= 0.3 is 12.4 Å². The van der Waals surface area contributed by atoms with Crippen LogP contribution in [0, 0.1) is 0 Å². The molecule has 4 nitrogen and oxygen atoms in total. The van der Waals surface area contributed by atoms with E-state index >= 15 is 0 Å². The largest absolute Gasteiger partial charge is 0.422 e. The van der Waals surface area contributed by atoms with E-state index in [0.717, 1.165) is 6.47 Å². The van der Waals surface area contributed by atoms with E-state index in [1.165, 1.54) is 13.8 Å². The fourth-order valence-corrected chi connectivity index (χ4v) is 0.343. The van der Waals surface area contributed by atoms with Crippen LogP contribution in [0.5, 0.6) is 0 Å². The van der Waals surface area contributed by atoms with E-state index in [-0.39, 0.29) is 5.57 Å². The van der Waals surface area contributed by atoms with E-state index in [4.69, 9.17) is 0 Å². The Morgan fingerprint density at radius 3 is 2.55 bits per heavy atom. The van der Waals surface area contributed by atoms with Gasteiger partial charge in [0.15, 0.2) is 0 Å². The minimum atomic E-state index is -0.906. The average molecular weight is 157 g/mol. The molecule has 4 heteroatoms. The molecule has 0 aromatic rings. The fraction of sp³-hybridized carbons (Fsp3) is 0.429. The number of rotatable bonds is 4. The van der Waals surface area contributed by atoms with E-state index < -0.39 is 12.3 Å². The summed E-state index contributed by atoms with van der Waals surface area (Å²) >= 11 is 0. The van der Waals surface area contributed by atoms with Crippen LogP contribution in [0.4, 0.5) is 0 Å². The van der Waals surface area contributed by atoms with Crippen molar-refractivity contribution in [3.05, 3.63) is 12.2 Å². The molecule has 0 amide bonds. The van der Waals surface area contributed by atoms with Crippen molar-refractivity contribution < 1.29 is 19.1 Å². The van der Waals surface area contributed by atoms with E-state index in [0.29, 0.717) is 0 Å². The monoisotopic (exact) mass is 157 g/mol. The molecule has 11 heavy (non-hydrogen) atoms. The maximum atomic E-state index is 10.7. The molecule has 0 aliphatic rings. The number of hydrogen-bond acceptors (Lipinski definition) is 4. The molecule has 0 aliphatic heterocycles. The van der Waals surface area contributed by atoms with Crippen LogP contribution >= 0.6 is 0 Å². The zero-order chi connectivity index (χ0) is 8.85. The molecule has 0 heterocycles. The minimum Gasteiger partial charge on any atom is -0.422 e. The van der Waals surface area contributed by atoms with Crippen molar-refractivity contribution in [2.45, 2.75) is 20.1 Å². The smallest absolute Gasteiger partial charge is 0.420 e. The van der Waals surface area contributed by atoms with Crippen molar-refractivity contribution >= 4 is 12.4 Å². The average Bonchev–Trinajstić information content (AvgIpc) is 1.87. The first-order valence-electron chi connectivity index (χ1n) is 2.97. The lowest BCUT2D eigenvalue weighted by atomic mass is 10.4. The maximum absolute atomic E-state index is 10.7. The first-order valence-corrected chi connectivity index (χ1v) is 2.97. The third kappa shape index (κ3) is 4.13. The predicted molar refractivity (Wildman–Crippen MR) is 37.1 cm³/mol. The highest BCUT2D eigenvalue weighted by Crippen LogP contribution is 1.97. The molecule has 1 unspecified atom stereocenters. The molecule has 0 fully saturated rings. The van der Waals surface area contributed by atoms with Crippen molar-refractivity contribution in [2.75, 3.05) is 0 Å². The Morgan fingerprint density at radius 2 is 2.18 bits per heavy atom. The summed E-state index contributed by atoms with van der Waals surface area (Å²) in [6.45, 7) is 7.40. The number of ether oxygens (including phenoxy) is 2. The molecule has 1 atom stereocenters. The highest BCUT2D eigenvalue weighted by Gasteiger charge is 2.09. The van der Waals surface area contributed by atoms with Crippen molar-refractivity contribution in [1.29, 1.82) is 0 Å². The molecule has 0 aromatic carbocycles. The Hall–Kier alpha value is -1.32. The van der Waals surface area contributed by atoms with Gasteiger partial charge in [-0.05, 0) is 6.92 Å². The van der Waals surface area contributed by atoms with Gasteiger partial charge in [0.25, 0.3) is 0 Å². The quantitative estimate of drug-likeness (QED) is 0.339. The fourth-order valence-electron chi connectivity index (χ4n) is 0.343. The van der Waals surface area contributed by atoms with Gasteiger partial charge in [0.2, 0.25) is 6.29 Å². The van der Waals surface area contributed by atoms with Crippen LogP contribution in [-0.2, 0) is 19.1 Å². The molecule has 0 N–H and O–H groups in total. The molecular weight excluding hydrogens is 148 g/mol. The first kappa shape index (κ1) is 9.68. The van der Waals surface area contributed by atoms with Crippen molar-refractivity contribution in [2.24, 2.45) is 0 Å². The summed E-state index contributed by atoms with van der Waals surface area (Å²) in [5.41, 5.74) is 0.256. The third-order valence-corrected chi connectivity index (χ3v) is 0.836. The SMILES string of the molecule is C=C(C)C(=O)OC(C)O[C]=O. The summed E-state index contributed by atoms with van der Waals surface area (Å²) in [5, 5.41) is 0. The van der Waals surface area contributed by atoms with Crippen LogP contribution in [0.3, 0.4) is 0 Å². The Bertz CT molecular complexity index is 173. The molecule has 0 rings (SSSR count). The highest BCUT2D eigenvalue weighted by atomic mass is 16.7. The van der Waals surface area contributed by atoms with Crippen LogP contribution in [0.1, 0.15) is 13.8 Å². The van der Waals surface area contributed by atoms with Gasteiger partial charge < -0.3 is 9.47 Å². The van der Waals surface area contributed by atoms with Gasteiger partial charge in [-0.15, -0.1) is 0 Å². The second kappa shape index (κ2) is 4.49. The summed E-state index contributed by atoms with van der Waals surface area (Å²) in [6, 6.07) is 0. The molecule has 0 bridgehead atoms. The summed E-state index contributed by atoms with van der Waals surface area (Å²) in [4.78, 5) is 20.3. The summed E-state index contributed by atoms with van der Waals surface area (Å²) < 4.78 is 8.70. The van der Waals surface area contributed by atoms with E-state index in [9.17, 15) is 9.59 Å². The lowest BCUT2D eigenvalue weighted by Crippen LogP contribution is -2.17. The normalized spacial score (nSPS) is 11.5. The van der Waals surface area contributed by atoms with Crippen LogP contribution < -0.4 is 0 Å². The molecule has 61 valence electrons. The number of esters is 1. The van der Waals surface area contributed by atoms with E-state index in [2.05, 4.69) is 16.1 Å². The van der Waals surface area contributed by atoms with Gasteiger partial charge in [-0.2, -0.15) is 0 Å². The molecular formula is C7H9O4. The minimum absolute atomic E-state index is 0.256. The van der Waals surface area contributed by atoms with Gasteiger partial charge in [0.1, 0.15) is 0 Å². The lowest BCUT2D eigenvalue weighted by Gasteiger charge is -2.09. The Morgan fingerprint density at radius 1 is 1.64 bits per heavy atom. The van der Waals surface area contributed by atoms with Crippen molar-refractivity contribution in [1.82, 2.24) is 0 Å². The topological polar surface area (TPSA) is 52.6 Å². The molecule has 0 saturated carbocycles. The molecule has 0 spiro atoms. The Balaban J connectivity index is 3.74. The van der Waals surface area contributed by atoms with Gasteiger partial charge in [0, 0.05) is 12.5 Å². The zero-order valence-corrected chi connectivity index (χ0v) is 6.42. The van der Waals surface area contributed by atoms with Crippen molar-refractivity contribution in [3.63, 3.8) is 0 Å². The first-order chi connectivity index (χ1) is 5.07. The number of carbonyl (C=O) groups is 1. The highest BCUT2D eigenvalue weighted by molar-refractivity contribution is 5.87. The molecule has 0 aliphatic carbocycles.